The second kappa shape index (κ2) is 10.3. The van der Waals surface area contributed by atoms with Crippen LogP contribution in [0.3, 0.4) is 0 Å². The monoisotopic (exact) mass is 462 g/mol. The molecule has 1 fully saturated rings. The maximum atomic E-state index is 13.1. The van der Waals surface area contributed by atoms with E-state index in [0.29, 0.717) is 6.61 Å². The molecule has 3 aromatic rings. The Morgan fingerprint density at radius 3 is 2.44 bits per heavy atom. The minimum absolute atomic E-state index is 0.0519. The minimum atomic E-state index is 0.0519. The molecular weight excluding hydrogens is 428 g/mol. The summed E-state index contributed by atoms with van der Waals surface area (Å²) >= 11 is 0. The molecule has 0 atom stereocenters. The Labute approximate surface area is 201 Å². The molecule has 6 heteroatoms. The van der Waals surface area contributed by atoms with Crippen molar-refractivity contribution in [3.8, 4) is 22.6 Å². The number of ether oxygens (including phenoxy) is 2. The Morgan fingerprint density at radius 1 is 1.12 bits per heavy atom. The van der Waals surface area contributed by atoms with E-state index in [4.69, 9.17) is 13.9 Å². The average molecular weight is 463 g/mol. The number of benzene rings is 2. The molecule has 34 heavy (non-hydrogen) atoms. The van der Waals surface area contributed by atoms with Crippen LogP contribution >= 0.6 is 0 Å². The molecule has 0 aliphatic carbocycles. The molecule has 0 radical (unpaired) electrons. The van der Waals surface area contributed by atoms with Crippen molar-refractivity contribution in [1.82, 2.24) is 9.80 Å². The van der Waals surface area contributed by atoms with Gasteiger partial charge in [-0.15, -0.1) is 0 Å². The number of methoxy groups -OCH3 is 1. The highest BCUT2D eigenvalue weighted by atomic mass is 16.5. The molecule has 1 aromatic heterocycles. The fourth-order valence-electron chi connectivity index (χ4n) is 4.57. The number of hydrogen-bond acceptors (Lipinski definition) is 5. The van der Waals surface area contributed by atoms with Crippen LogP contribution < -0.4 is 9.47 Å². The highest BCUT2D eigenvalue weighted by molar-refractivity contribution is 6.01. The first-order valence-electron chi connectivity index (χ1n) is 12.0. The number of nitrogens with zero attached hydrogens (tertiary/aromatic N) is 2. The number of allylic oxidation sites excluding steroid dienone is 1. The van der Waals surface area contributed by atoms with Gasteiger partial charge in [0.1, 0.15) is 17.1 Å². The van der Waals surface area contributed by atoms with Gasteiger partial charge in [-0.05, 0) is 56.7 Å². The van der Waals surface area contributed by atoms with E-state index in [9.17, 15) is 4.79 Å². The van der Waals surface area contributed by atoms with E-state index in [0.717, 1.165) is 83.0 Å². The summed E-state index contributed by atoms with van der Waals surface area (Å²) < 4.78 is 17.3. The molecule has 1 aliphatic heterocycles. The number of amides is 1. The number of furan rings is 1. The second-order valence-corrected chi connectivity index (χ2v) is 8.65. The van der Waals surface area contributed by atoms with Gasteiger partial charge in [0.15, 0.2) is 0 Å². The van der Waals surface area contributed by atoms with E-state index >= 15 is 0 Å². The van der Waals surface area contributed by atoms with Crippen LogP contribution in [0.4, 0.5) is 0 Å². The number of likely N-dealkylation sites (N-methyl/N-ethyl adjacent to an activating group) is 1. The molecule has 6 nitrogen and oxygen atoms in total. The van der Waals surface area contributed by atoms with Crippen LogP contribution in [0.2, 0.25) is 0 Å². The van der Waals surface area contributed by atoms with Gasteiger partial charge >= 0.3 is 0 Å². The largest absolute Gasteiger partial charge is 0.497 e. The number of carbonyl (C=O) groups is 1. The van der Waals surface area contributed by atoms with Crippen LogP contribution in [-0.2, 0) is 4.79 Å². The lowest BCUT2D eigenvalue weighted by molar-refractivity contribution is -0.127. The van der Waals surface area contributed by atoms with E-state index < -0.39 is 0 Å². The summed E-state index contributed by atoms with van der Waals surface area (Å²) in [5.74, 6) is 1.63. The first kappa shape index (κ1) is 23.9. The van der Waals surface area contributed by atoms with Crippen LogP contribution in [-0.4, -0.2) is 62.1 Å². The second-order valence-electron chi connectivity index (χ2n) is 8.65. The van der Waals surface area contributed by atoms with Crippen LogP contribution in [0.25, 0.3) is 27.7 Å². The molecule has 1 saturated heterocycles. The number of piperazine rings is 1. The number of carbonyl (C=O) groups excluding carboxylic acids is 1. The van der Waals surface area contributed by atoms with Gasteiger partial charge in [-0.2, -0.15) is 0 Å². The molecule has 2 heterocycles. The Bertz CT molecular complexity index is 1190. The molecule has 0 N–H and O–H groups in total. The molecule has 0 unspecified atom stereocenters. The number of rotatable bonds is 7. The summed E-state index contributed by atoms with van der Waals surface area (Å²) in [6.45, 7) is 13.0. The SMILES string of the molecule is CCOc1c(/C(C)=C/C(=O)N2CCN(CC)CC2)cc2c(-c3ccc(OC)cc3)coc2c1C. The molecule has 1 aliphatic rings. The first-order valence-corrected chi connectivity index (χ1v) is 12.0. The Kier molecular flexibility index (Phi) is 7.27. The Hall–Kier alpha value is -3.25. The predicted molar refractivity (Wildman–Crippen MR) is 136 cm³/mol. The van der Waals surface area contributed by atoms with Crippen LogP contribution in [0, 0.1) is 6.92 Å². The smallest absolute Gasteiger partial charge is 0.246 e. The van der Waals surface area contributed by atoms with Crippen molar-refractivity contribution in [2.45, 2.75) is 27.7 Å². The highest BCUT2D eigenvalue weighted by Crippen LogP contribution is 2.41. The summed E-state index contributed by atoms with van der Waals surface area (Å²) in [6.07, 6.45) is 3.54. The lowest BCUT2D eigenvalue weighted by Gasteiger charge is -2.33. The maximum absolute atomic E-state index is 13.1. The topological polar surface area (TPSA) is 55.2 Å². The molecule has 4 rings (SSSR count). The minimum Gasteiger partial charge on any atom is -0.497 e. The van der Waals surface area contributed by atoms with Gasteiger partial charge in [-0.3, -0.25) is 4.79 Å². The predicted octanol–water partition coefficient (Wildman–Crippen LogP) is 5.38. The van der Waals surface area contributed by atoms with Crippen molar-refractivity contribution in [3.05, 3.63) is 53.8 Å². The molecule has 0 bridgehead atoms. The zero-order valence-corrected chi connectivity index (χ0v) is 20.8. The molecule has 180 valence electrons. The third kappa shape index (κ3) is 4.68. The first-order chi connectivity index (χ1) is 16.5. The van der Waals surface area contributed by atoms with Crippen LogP contribution in [0.1, 0.15) is 31.9 Å². The summed E-state index contributed by atoms with van der Waals surface area (Å²) in [6, 6.07) is 10.0. The zero-order valence-electron chi connectivity index (χ0n) is 20.8. The lowest BCUT2D eigenvalue weighted by Crippen LogP contribution is -2.48. The normalized spacial score (nSPS) is 15.1. The van der Waals surface area contributed by atoms with Gasteiger partial charge in [0, 0.05) is 54.3 Å². The summed E-state index contributed by atoms with van der Waals surface area (Å²) in [5, 5.41) is 0.998. The van der Waals surface area contributed by atoms with E-state index in [1.807, 2.05) is 49.9 Å². The van der Waals surface area contributed by atoms with Crippen LogP contribution in [0.15, 0.2) is 47.1 Å². The molecule has 2 aromatic carbocycles. The van der Waals surface area contributed by atoms with Crippen molar-refractivity contribution < 1.29 is 18.7 Å². The quantitative estimate of drug-likeness (QED) is 0.441. The third-order valence-corrected chi connectivity index (χ3v) is 6.63. The van der Waals surface area contributed by atoms with Crippen molar-refractivity contribution in [2.24, 2.45) is 0 Å². The van der Waals surface area contributed by atoms with E-state index in [-0.39, 0.29) is 5.91 Å². The van der Waals surface area contributed by atoms with Gasteiger partial charge in [-0.25, -0.2) is 0 Å². The van der Waals surface area contributed by atoms with Gasteiger partial charge < -0.3 is 23.7 Å². The average Bonchev–Trinajstić information content (AvgIpc) is 3.30. The van der Waals surface area contributed by atoms with Gasteiger partial charge in [0.05, 0.1) is 20.0 Å². The van der Waals surface area contributed by atoms with E-state index in [1.165, 1.54) is 0 Å². The number of hydrogen-bond donors (Lipinski definition) is 0. The number of fused-ring (bicyclic) bond motifs is 1. The number of aryl methyl sites for hydroxylation is 1. The molecular formula is C28H34N2O4. The zero-order chi connectivity index (χ0) is 24.2. The van der Waals surface area contributed by atoms with Crippen molar-refractivity contribution >= 4 is 22.4 Å². The lowest BCUT2D eigenvalue weighted by atomic mass is 9.96. The maximum Gasteiger partial charge on any atom is 0.246 e. The Morgan fingerprint density at radius 2 is 1.82 bits per heavy atom. The molecule has 0 saturated carbocycles. The van der Waals surface area contributed by atoms with Crippen molar-refractivity contribution in [2.75, 3.05) is 46.4 Å². The van der Waals surface area contributed by atoms with Gasteiger partial charge in [-0.1, -0.05) is 19.1 Å². The highest BCUT2D eigenvalue weighted by Gasteiger charge is 2.22. The third-order valence-electron chi connectivity index (χ3n) is 6.63. The fourth-order valence-corrected chi connectivity index (χ4v) is 4.57. The summed E-state index contributed by atoms with van der Waals surface area (Å²) in [4.78, 5) is 17.4. The van der Waals surface area contributed by atoms with Crippen LogP contribution in [0.5, 0.6) is 11.5 Å². The van der Waals surface area contributed by atoms with E-state index in [1.54, 1.807) is 19.4 Å². The molecule has 0 spiro atoms. The standard InChI is InChI=1S/C28H34N2O4/c1-6-29-12-14-30(15-13-29)26(31)16-19(3)23-17-24-25(21-8-10-22(32-5)11-9-21)18-34-28(24)20(4)27(23)33-7-2/h8-11,16-18H,6-7,12-15H2,1-5H3/b19-16+. The van der Waals surface area contributed by atoms with Crippen molar-refractivity contribution in [3.63, 3.8) is 0 Å². The molecule has 1 amide bonds. The summed E-state index contributed by atoms with van der Waals surface area (Å²) in [7, 11) is 1.66. The fraction of sp³-hybridized carbons (Fsp3) is 0.393. The van der Waals surface area contributed by atoms with Crippen molar-refractivity contribution in [1.29, 1.82) is 0 Å². The van der Waals surface area contributed by atoms with Gasteiger partial charge in [0.25, 0.3) is 0 Å². The summed E-state index contributed by atoms with van der Waals surface area (Å²) in [5.41, 5.74) is 5.58. The van der Waals surface area contributed by atoms with Gasteiger partial charge in [0.2, 0.25) is 5.91 Å². The Balaban J connectivity index is 1.73. The van der Waals surface area contributed by atoms with E-state index in [2.05, 4.69) is 17.9 Å².